The number of halogens is 1. The summed E-state index contributed by atoms with van der Waals surface area (Å²) in [6, 6.07) is 29.8. The molecule has 0 aliphatic carbocycles. The SMILES string of the molecule is [N-]=[N+]=N[C@H]1O[C@H](COCc2ccccc2)[C@H](OCc2ccccc2)[C@H](OCc2ccccc2)[C@H]1Br. The quantitative estimate of drug-likeness (QED) is 0.126. The molecule has 1 saturated heterocycles. The fourth-order valence-electron chi connectivity index (χ4n) is 3.95. The first-order chi connectivity index (χ1) is 17.2. The van der Waals surface area contributed by atoms with Crippen LogP contribution in [0.4, 0.5) is 0 Å². The smallest absolute Gasteiger partial charge is 0.152 e. The third kappa shape index (κ3) is 7.39. The van der Waals surface area contributed by atoms with Crippen LogP contribution in [-0.2, 0) is 38.8 Å². The van der Waals surface area contributed by atoms with Crippen molar-refractivity contribution >= 4 is 15.9 Å². The Morgan fingerprint density at radius 1 is 0.743 bits per heavy atom. The summed E-state index contributed by atoms with van der Waals surface area (Å²) in [5.41, 5.74) is 12.3. The first-order valence-electron chi connectivity index (χ1n) is 11.5. The van der Waals surface area contributed by atoms with Gasteiger partial charge in [-0.25, -0.2) is 0 Å². The van der Waals surface area contributed by atoms with Crippen LogP contribution in [0.3, 0.4) is 0 Å². The minimum Gasteiger partial charge on any atom is -0.374 e. The van der Waals surface area contributed by atoms with E-state index in [9.17, 15) is 0 Å². The van der Waals surface area contributed by atoms with Crippen LogP contribution in [0.1, 0.15) is 16.7 Å². The highest BCUT2D eigenvalue weighted by molar-refractivity contribution is 9.09. The van der Waals surface area contributed by atoms with Crippen molar-refractivity contribution in [1.29, 1.82) is 0 Å². The molecule has 0 spiro atoms. The van der Waals surface area contributed by atoms with Crippen LogP contribution >= 0.6 is 15.9 Å². The molecular weight excluding hydrogens is 510 g/mol. The van der Waals surface area contributed by atoms with Crippen LogP contribution < -0.4 is 0 Å². The minimum atomic E-state index is -0.761. The van der Waals surface area contributed by atoms with Crippen molar-refractivity contribution in [3.63, 3.8) is 0 Å². The number of nitrogens with zero attached hydrogens (tertiary/aromatic N) is 3. The number of azide groups is 1. The van der Waals surface area contributed by atoms with Crippen LogP contribution in [-0.4, -0.2) is 36.0 Å². The highest BCUT2D eigenvalue weighted by Crippen LogP contribution is 2.33. The van der Waals surface area contributed by atoms with E-state index >= 15 is 0 Å². The Labute approximate surface area is 213 Å². The van der Waals surface area contributed by atoms with Gasteiger partial charge in [-0.3, -0.25) is 0 Å². The number of ether oxygens (including phenoxy) is 4. The predicted octanol–water partition coefficient (Wildman–Crippen LogP) is 6.17. The van der Waals surface area contributed by atoms with Crippen LogP contribution in [0.2, 0.25) is 0 Å². The molecule has 1 fully saturated rings. The fraction of sp³-hybridized carbons (Fsp3) is 0.333. The molecule has 3 aromatic carbocycles. The first-order valence-corrected chi connectivity index (χ1v) is 12.4. The van der Waals surface area contributed by atoms with E-state index in [4.69, 9.17) is 24.5 Å². The second-order valence-corrected chi connectivity index (χ2v) is 9.29. The summed E-state index contributed by atoms with van der Waals surface area (Å²) in [7, 11) is 0. The van der Waals surface area contributed by atoms with Gasteiger partial charge in [0.15, 0.2) is 6.23 Å². The molecule has 0 radical (unpaired) electrons. The van der Waals surface area contributed by atoms with Crippen molar-refractivity contribution < 1.29 is 18.9 Å². The lowest BCUT2D eigenvalue weighted by Gasteiger charge is -2.43. The first kappa shape index (κ1) is 25.4. The van der Waals surface area contributed by atoms with E-state index in [-0.39, 0.29) is 6.61 Å². The lowest BCUT2D eigenvalue weighted by Crippen LogP contribution is -2.58. The molecule has 35 heavy (non-hydrogen) atoms. The van der Waals surface area contributed by atoms with E-state index in [1.807, 2.05) is 91.0 Å². The number of alkyl halides is 1. The molecule has 4 rings (SSSR count). The Balaban J connectivity index is 1.52. The van der Waals surface area contributed by atoms with Gasteiger partial charge in [-0.1, -0.05) is 112 Å². The number of hydrogen-bond donors (Lipinski definition) is 0. The Kier molecular flexibility index (Phi) is 9.72. The summed E-state index contributed by atoms with van der Waals surface area (Å²) >= 11 is 3.66. The standard InChI is InChI=1S/C27H28BrN3O4/c28-24-26(34-18-22-14-8-3-9-15-22)25(33-17-21-12-6-2-7-13-21)23(35-27(24)30-31-29)19-32-16-20-10-4-1-5-11-20/h1-15,23-27H,16-19H2/t23-,24-,25+,26-,27+/m1/s1. The lowest BCUT2D eigenvalue weighted by molar-refractivity contribution is -0.214. The van der Waals surface area contributed by atoms with Gasteiger partial charge in [0.05, 0.1) is 31.3 Å². The van der Waals surface area contributed by atoms with Gasteiger partial charge in [-0.2, -0.15) is 0 Å². The van der Waals surface area contributed by atoms with Crippen LogP contribution in [0.15, 0.2) is 96.1 Å². The molecule has 0 saturated carbocycles. The Bertz CT molecular complexity index is 1070. The zero-order valence-corrected chi connectivity index (χ0v) is 20.8. The zero-order valence-electron chi connectivity index (χ0n) is 19.2. The maximum atomic E-state index is 9.11. The molecule has 0 N–H and O–H groups in total. The normalized spacial score (nSPS) is 24.0. The van der Waals surface area contributed by atoms with E-state index in [0.29, 0.717) is 19.8 Å². The Morgan fingerprint density at radius 2 is 1.23 bits per heavy atom. The van der Waals surface area contributed by atoms with Crippen molar-refractivity contribution in [2.45, 2.75) is 49.2 Å². The third-order valence-corrected chi connectivity index (χ3v) is 6.69. The molecule has 5 atom stereocenters. The summed E-state index contributed by atoms with van der Waals surface area (Å²) in [6.45, 7) is 1.48. The van der Waals surface area contributed by atoms with Gasteiger partial charge in [0, 0.05) is 4.91 Å². The monoisotopic (exact) mass is 537 g/mol. The molecule has 3 aromatic rings. The van der Waals surface area contributed by atoms with Gasteiger partial charge in [-0.05, 0) is 22.2 Å². The van der Waals surface area contributed by atoms with E-state index < -0.39 is 29.4 Å². The Morgan fingerprint density at radius 3 is 1.74 bits per heavy atom. The zero-order chi connectivity index (χ0) is 24.3. The van der Waals surface area contributed by atoms with Gasteiger partial charge in [0.1, 0.15) is 18.3 Å². The van der Waals surface area contributed by atoms with E-state index in [1.54, 1.807) is 0 Å². The largest absolute Gasteiger partial charge is 0.374 e. The van der Waals surface area contributed by atoms with Crippen LogP contribution in [0, 0.1) is 0 Å². The minimum absolute atomic E-state index is 0.261. The van der Waals surface area contributed by atoms with Gasteiger partial charge < -0.3 is 18.9 Å². The molecule has 1 heterocycles. The van der Waals surface area contributed by atoms with E-state index in [0.717, 1.165) is 16.7 Å². The van der Waals surface area contributed by atoms with Crippen molar-refractivity contribution in [2.24, 2.45) is 5.11 Å². The molecule has 0 aromatic heterocycles. The molecule has 0 bridgehead atoms. The molecule has 0 unspecified atom stereocenters. The van der Waals surface area contributed by atoms with Gasteiger partial charge in [0.2, 0.25) is 0 Å². The molecule has 1 aliphatic heterocycles. The summed E-state index contributed by atoms with van der Waals surface area (Å²) in [6.07, 6.45) is -2.15. The predicted molar refractivity (Wildman–Crippen MR) is 137 cm³/mol. The average Bonchev–Trinajstić information content (AvgIpc) is 2.90. The van der Waals surface area contributed by atoms with Crippen molar-refractivity contribution in [3.05, 3.63) is 118 Å². The van der Waals surface area contributed by atoms with Gasteiger partial charge >= 0.3 is 0 Å². The molecule has 7 nitrogen and oxygen atoms in total. The number of hydrogen-bond acceptors (Lipinski definition) is 5. The van der Waals surface area contributed by atoms with Gasteiger partial charge in [0.25, 0.3) is 0 Å². The highest BCUT2D eigenvalue weighted by atomic mass is 79.9. The lowest BCUT2D eigenvalue weighted by atomic mass is 10.00. The van der Waals surface area contributed by atoms with E-state index in [2.05, 4.69) is 26.0 Å². The topological polar surface area (TPSA) is 85.7 Å². The van der Waals surface area contributed by atoms with Crippen molar-refractivity contribution in [1.82, 2.24) is 0 Å². The fourth-order valence-corrected chi connectivity index (χ4v) is 4.64. The van der Waals surface area contributed by atoms with E-state index in [1.165, 1.54) is 0 Å². The maximum Gasteiger partial charge on any atom is 0.152 e. The molecular formula is C27H28BrN3O4. The average molecular weight is 538 g/mol. The van der Waals surface area contributed by atoms with Gasteiger partial charge in [-0.15, -0.1) is 0 Å². The molecule has 182 valence electrons. The summed E-state index contributed by atoms with van der Waals surface area (Å²) < 4.78 is 24.9. The van der Waals surface area contributed by atoms with Crippen LogP contribution in [0.5, 0.6) is 0 Å². The molecule has 0 amide bonds. The molecule has 8 heteroatoms. The Hall–Kier alpha value is -2.71. The highest BCUT2D eigenvalue weighted by Gasteiger charge is 2.46. The second-order valence-electron chi connectivity index (χ2n) is 8.24. The summed E-state index contributed by atoms with van der Waals surface area (Å²) in [5.74, 6) is 0. The summed E-state index contributed by atoms with van der Waals surface area (Å²) in [4.78, 5) is 2.58. The second kappa shape index (κ2) is 13.4. The number of rotatable bonds is 11. The molecule has 1 aliphatic rings. The van der Waals surface area contributed by atoms with Crippen LogP contribution in [0.25, 0.3) is 10.4 Å². The number of benzene rings is 3. The third-order valence-electron chi connectivity index (χ3n) is 5.72. The van der Waals surface area contributed by atoms with Crippen molar-refractivity contribution in [3.8, 4) is 0 Å². The van der Waals surface area contributed by atoms with Crippen molar-refractivity contribution in [2.75, 3.05) is 6.61 Å². The summed E-state index contributed by atoms with van der Waals surface area (Å²) in [5, 5.41) is 3.86. The maximum absolute atomic E-state index is 9.11.